The zero-order valence-electron chi connectivity index (χ0n) is 9.97. The minimum atomic E-state index is -4.10. The Bertz CT molecular complexity index is 336. The van der Waals surface area contributed by atoms with Crippen molar-refractivity contribution in [3.8, 4) is 0 Å². The molecule has 1 aromatic rings. The second kappa shape index (κ2) is 6.07. The molecule has 0 bridgehead atoms. The number of halogens is 3. The zero-order chi connectivity index (χ0) is 12.9. The van der Waals surface area contributed by atoms with E-state index in [2.05, 4.69) is 5.32 Å². The van der Waals surface area contributed by atoms with E-state index in [0.717, 1.165) is 11.3 Å². The average molecular weight is 250 g/mol. The van der Waals surface area contributed by atoms with Crippen LogP contribution in [-0.4, -0.2) is 31.7 Å². The SMILES string of the molecule is CNCc1occc1CN(C)CCC(F)(F)F. The van der Waals surface area contributed by atoms with Crippen LogP contribution in [0.1, 0.15) is 17.7 Å². The van der Waals surface area contributed by atoms with Crippen LogP contribution in [0, 0.1) is 0 Å². The summed E-state index contributed by atoms with van der Waals surface area (Å²) in [6, 6.07) is 1.79. The van der Waals surface area contributed by atoms with Gasteiger partial charge in [0.25, 0.3) is 0 Å². The number of alkyl halides is 3. The Morgan fingerprint density at radius 3 is 2.71 bits per heavy atom. The summed E-state index contributed by atoms with van der Waals surface area (Å²) < 4.78 is 41.4. The van der Waals surface area contributed by atoms with Crippen LogP contribution >= 0.6 is 0 Å². The van der Waals surface area contributed by atoms with Gasteiger partial charge in [0.05, 0.1) is 19.2 Å². The standard InChI is InChI=1S/C11H17F3N2O/c1-15-7-10-9(3-6-17-10)8-16(2)5-4-11(12,13)14/h3,6,15H,4-5,7-8H2,1-2H3. The minimum Gasteiger partial charge on any atom is -0.468 e. The fourth-order valence-corrected chi connectivity index (χ4v) is 1.51. The first kappa shape index (κ1) is 14.1. The highest BCUT2D eigenvalue weighted by Crippen LogP contribution is 2.20. The highest BCUT2D eigenvalue weighted by Gasteiger charge is 2.27. The molecule has 0 amide bonds. The maximum Gasteiger partial charge on any atom is 0.390 e. The second-order valence-electron chi connectivity index (χ2n) is 4.00. The summed E-state index contributed by atoms with van der Waals surface area (Å²) in [5, 5.41) is 2.95. The highest BCUT2D eigenvalue weighted by molar-refractivity contribution is 5.16. The zero-order valence-corrected chi connectivity index (χ0v) is 9.97. The molecule has 0 spiro atoms. The summed E-state index contributed by atoms with van der Waals surface area (Å²) >= 11 is 0. The van der Waals surface area contributed by atoms with Crippen molar-refractivity contribution >= 4 is 0 Å². The molecule has 1 N–H and O–H groups in total. The topological polar surface area (TPSA) is 28.4 Å². The third-order valence-electron chi connectivity index (χ3n) is 2.39. The second-order valence-corrected chi connectivity index (χ2v) is 4.00. The van der Waals surface area contributed by atoms with Gasteiger partial charge in [0.15, 0.2) is 0 Å². The van der Waals surface area contributed by atoms with Crippen molar-refractivity contribution < 1.29 is 17.6 Å². The molecule has 0 aromatic carbocycles. The van der Waals surface area contributed by atoms with Crippen molar-refractivity contribution in [2.75, 3.05) is 20.6 Å². The van der Waals surface area contributed by atoms with Gasteiger partial charge in [0, 0.05) is 18.7 Å². The number of hydrogen-bond donors (Lipinski definition) is 1. The summed E-state index contributed by atoms with van der Waals surface area (Å²) in [6.45, 7) is 1.03. The lowest BCUT2D eigenvalue weighted by Gasteiger charge is -2.17. The Morgan fingerprint density at radius 1 is 1.41 bits per heavy atom. The maximum absolute atomic E-state index is 12.0. The van der Waals surface area contributed by atoms with Gasteiger partial charge in [-0.05, 0) is 20.2 Å². The van der Waals surface area contributed by atoms with E-state index < -0.39 is 12.6 Å². The van der Waals surface area contributed by atoms with E-state index in [1.54, 1.807) is 31.3 Å². The highest BCUT2D eigenvalue weighted by atomic mass is 19.4. The van der Waals surface area contributed by atoms with E-state index >= 15 is 0 Å². The Kier molecular flexibility index (Phi) is 5.02. The predicted molar refractivity (Wildman–Crippen MR) is 58.5 cm³/mol. The van der Waals surface area contributed by atoms with Crippen LogP contribution in [0.5, 0.6) is 0 Å². The van der Waals surface area contributed by atoms with Crippen LogP contribution in [0.15, 0.2) is 16.7 Å². The molecule has 1 aromatic heterocycles. The Balaban J connectivity index is 2.44. The van der Waals surface area contributed by atoms with Gasteiger partial charge in [0.2, 0.25) is 0 Å². The molecule has 6 heteroatoms. The Hall–Kier alpha value is -1.01. The van der Waals surface area contributed by atoms with Crippen molar-refractivity contribution in [1.82, 2.24) is 10.2 Å². The summed E-state index contributed by atoms with van der Waals surface area (Å²) in [4.78, 5) is 1.64. The number of hydrogen-bond acceptors (Lipinski definition) is 3. The lowest BCUT2D eigenvalue weighted by Crippen LogP contribution is -2.24. The van der Waals surface area contributed by atoms with E-state index in [9.17, 15) is 13.2 Å². The molecule has 98 valence electrons. The van der Waals surface area contributed by atoms with Crippen LogP contribution in [0.2, 0.25) is 0 Å². The van der Waals surface area contributed by atoms with Crippen molar-refractivity contribution in [2.45, 2.75) is 25.7 Å². The van der Waals surface area contributed by atoms with Gasteiger partial charge in [-0.25, -0.2) is 0 Å². The molecule has 0 atom stereocenters. The summed E-state index contributed by atoms with van der Waals surface area (Å²) in [5.41, 5.74) is 0.920. The smallest absolute Gasteiger partial charge is 0.390 e. The molecule has 0 saturated carbocycles. The van der Waals surface area contributed by atoms with Gasteiger partial charge in [0.1, 0.15) is 5.76 Å². The molecule has 0 fully saturated rings. The number of nitrogens with zero attached hydrogens (tertiary/aromatic N) is 1. The predicted octanol–water partition coefficient (Wildman–Crippen LogP) is 2.38. The molecule has 0 saturated heterocycles. The monoisotopic (exact) mass is 250 g/mol. The Morgan fingerprint density at radius 2 is 2.12 bits per heavy atom. The molecular weight excluding hydrogens is 233 g/mol. The van der Waals surface area contributed by atoms with Gasteiger partial charge in [-0.2, -0.15) is 13.2 Å². The first-order valence-corrected chi connectivity index (χ1v) is 5.37. The van der Waals surface area contributed by atoms with Gasteiger partial charge in [-0.3, -0.25) is 0 Å². The van der Waals surface area contributed by atoms with E-state index in [4.69, 9.17) is 4.42 Å². The fraction of sp³-hybridized carbons (Fsp3) is 0.636. The summed E-state index contributed by atoms with van der Waals surface area (Å²) in [5.74, 6) is 0.770. The van der Waals surface area contributed by atoms with E-state index in [1.807, 2.05) is 0 Å². The molecule has 17 heavy (non-hydrogen) atoms. The molecule has 3 nitrogen and oxygen atoms in total. The third-order valence-corrected chi connectivity index (χ3v) is 2.39. The number of furan rings is 1. The average Bonchev–Trinajstić information content (AvgIpc) is 2.63. The van der Waals surface area contributed by atoms with Crippen molar-refractivity contribution in [3.05, 3.63) is 23.7 Å². The van der Waals surface area contributed by atoms with Crippen LogP contribution in [0.3, 0.4) is 0 Å². The molecular formula is C11H17F3N2O. The van der Waals surface area contributed by atoms with E-state index in [0.29, 0.717) is 13.1 Å². The lowest BCUT2D eigenvalue weighted by atomic mass is 10.2. The van der Waals surface area contributed by atoms with Gasteiger partial charge < -0.3 is 14.6 Å². The summed E-state index contributed by atoms with van der Waals surface area (Å²) in [6.07, 6.45) is -3.33. The van der Waals surface area contributed by atoms with Crippen molar-refractivity contribution in [2.24, 2.45) is 0 Å². The van der Waals surface area contributed by atoms with Gasteiger partial charge >= 0.3 is 6.18 Å². The molecule has 0 aliphatic heterocycles. The largest absolute Gasteiger partial charge is 0.468 e. The molecule has 0 unspecified atom stereocenters. The molecule has 0 radical (unpaired) electrons. The molecule has 1 rings (SSSR count). The summed E-state index contributed by atoms with van der Waals surface area (Å²) in [7, 11) is 3.46. The van der Waals surface area contributed by atoms with Crippen LogP contribution in [0.4, 0.5) is 13.2 Å². The van der Waals surface area contributed by atoms with Gasteiger partial charge in [-0.15, -0.1) is 0 Å². The molecule has 0 aliphatic carbocycles. The first-order valence-electron chi connectivity index (χ1n) is 5.37. The van der Waals surface area contributed by atoms with E-state index in [-0.39, 0.29) is 6.54 Å². The van der Waals surface area contributed by atoms with Crippen LogP contribution < -0.4 is 5.32 Å². The first-order chi connectivity index (χ1) is 7.92. The van der Waals surface area contributed by atoms with Gasteiger partial charge in [-0.1, -0.05) is 0 Å². The quantitative estimate of drug-likeness (QED) is 0.840. The van der Waals surface area contributed by atoms with Crippen molar-refractivity contribution in [1.29, 1.82) is 0 Å². The van der Waals surface area contributed by atoms with Crippen LogP contribution in [-0.2, 0) is 13.1 Å². The normalized spacial score (nSPS) is 12.4. The molecule has 0 aliphatic rings. The lowest BCUT2D eigenvalue weighted by molar-refractivity contribution is -0.137. The third kappa shape index (κ3) is 5.23. The number of nitrogens with one attached hydrogen (secondary N) is 1. The number of rotatable bonds is 6. The fourth-order valence-electron chi connectivity index (χ4n) is 1.51. The van der Waals surface area contributed by atoms with Crippen molar-refractivity contribution in [3.63, 3.8) is 0 Å². The van der Waals surface area contributed by atoms with E-state index in [1.165, 1.54) is 0 Å². The van der Waals surface area contributed by atoms with Crippen LogP contribution in [0.25, 0.3) is 0 Å². The maximum atomic E-state index is 12.0. The molecule has 1 heterocycles. The Labute approximate surface area is 98.6 Å². The minimum absolute atomic E-state index is 0.00628.